The summed E-state index contributed by atoms with van der Waals surface area (Å²) in [4.78, 5) is 10.6. The van der Waals surface area contributed by atoms with Gasteiger partial charge in [0.25, 0.3) is 0 Å². The van der Waals surface area contributed by atoms with Crippen molar-refractivity contribution in [2.45, 2.75) is 77.6 Å². The van der Waals surface area contributed by atoms with Crippen LogP contribution in [0.2, 0.25) is 0 Å². The highest BCUT2D eigenvalue weighted by molar-refractivity contribution is 5.66. The van der Waals surface area contributed by atoms with E-state index in [1.807, 2.05) is 0 Å². The number of rotatable bonds is 7. The third-order valence-electron chi connectivity index (χ3n) is 5.56. The van der Waals surface area contributed by atoms with E-state index in [9.17, 15) is 4.79 Å². The molecule has 0 aromatic carbocycles. The van der Waals surface area contributed by atoms with E-state index in [0.717, 1.165) is 24.2 Å². The zero-order chi connectivity index (χ0) is 13.7. The summed E-state index contributed by atoms with van der Waals surface area (Å²) >= 11 is 0. The quantitative estimate of drug-likeness (QED) is 0.713. The number of hydrogen-bond acceptors (Lipinski definition) is 1. The highest BCUT2D eigenvalue weighted by Gasteiger charge is 2.35. The van der Waals surface area contributed by atoms with Gasteiger partial charge >= 0.3 is 5.97 Å². The number of unbranched alkanes of at least 4 members (excludes halogenated alkanes) is 1. The molecule has 0 bridgehead atoms. The van der Waals surface area contributed by atoms with Gasteiger partial charge in [-0.15, -0.1) is 0 Å². The van der Waals surface area contributed by atoms with Gasteiger partial charge in [0.1, 0.15) is 0 Å². The Morgan fingerprint density at radius 1 is 1.00 bits per heavy atom. The third kappa shape index (κ3) is 4.50. The summed E-state index contributed by atoms with van der Waals surface area (Å²) in [6.45, 7) is 2.29. The molecule has 2 aliphatic carbocycles. The Kier molecular flexibility index (Phi) is 5.72. The Morgan fingerprint density at radius 2 is 1.58 bits per heavy atom. The van der Waals surface area contributed by atoms with Gasteiger partial charge in [-0.1, -0.05) is 39.0 Å². The van der Waals surface area contributed by atoms with Crippen LogP contribution in [0.5, 0.6) is 0 Å². The van der Waals surface area contributed by atoms with Crippen LogP contribution in [0.15, 0.2) is 0 Å². The number of carboxylic acid groups (broad SMARTS) is 1. The van der Waals surface area contributed by atoms with Crippen LogP contribution in [-0.2, 0) is 4.79 Å². The molecule has 4 unspecified atom stereocenters. The molecule has 2 aliphatic rings. The third-order valence-corrected chi connectivity index (χ3v) is 5.56. The van der Waals surface area contributed by atoms with E-state index in [1.54, 1.807) is 0 Å². The molecule has 2 nitrogen and oxygen atoms in total. The standard InChI is InChI=1S/C17H30O2/c1-2-3-4-13-5-8-15(11-13)16-9-6-14(12-16)7-10-17(18)19/h13-16H,2-12H2,1H3,(H,18,19). The number of carbonyl (C=O) groups is 1. The van der Waals surface area contributed by atoms with E-state index in [-0.39, 0.29) is 0 Å². The fourth-order valence-electron chi connectivity index (χ4n) is 4.43. The lowest BCUT2D eigenvalue weighted by Crippen LogP contribution is -2.09. The van der Waals surface area contributed by atoms with E-state index in [1.165, 1.54) is 57.8 Å². The summed E-state index contributed by atoms with van der Waals surface area (Å²) in [6.07, 6.45) is 13.8. The summed E-state index contributed by atoms with van der Waals surface area (Å²) in [5.74, 6) is 2.98. The smallest absolute Gasteiger partial charge is 0.303 e. The maximum absolute atomic E-state index is 10.6. The van der Waals surface area contributed by atoms with Crippen molar-refractivity contribution in [1.82, 2.24) is 0 Å². The highest BCUT2D eigenvalue weighted by atomic mass is 16.4. The van der Waals surface area contributed by atoms with Crippen LogP contribution < -0.4 is 0 Å². The summed E-state index contributed by atoms with van der Waals surface area (Å²) < 4.78 is 0. The highest BCUT2D eigenvalue weighted by Crippen LogP contribution is 2.46. The molecule has 0 aromatic heterocycles. The molecule has 19 heavy (non-hydrogen) atoms. The SMILES string of the molecule is CCCCC1CCC(C2CCC(CCC(=O)O)C2)C1. The second-order valence-electron chi connectivity index (χ2n) is 6.95. The van der Waals surface area contributed by atoms with Crippen molar-refractivity contribution in [1.29, 1.82) is 0 Å². The van der Waals surface area contributed by atoms with Gasteiger partial charge in [-0.25, -0.2) is 0 Å². The lowest BCUT2D eigenvalue weighted by atomic mass is 9.87. The van der Waals surface area contributed by atoms with Crippen LogP contribution in [0, 0.1) is 23.7 Å². The van der Waals surface area contributed by atoms with Gasteiger partial charge in [0.15, 0.2) is 0 Å². The summed E-state index contributed by atoms with van der Waals surface area (Å²) in [7, 11) is 0. The molecule has 0 amide bonds. The molecule has 2 fully saturated rings. The van der Waals surface area contributed by atoms with Gasteiger partial charge in [0.05, 0.1) is 0 Å². The van der Waals surface area contributed by atoms with Crippen LogP contribution >= 0.6 is 0 Å². The van der Waals surface area contributed by atoms with Crippen molar-refractivity contribution in [3.63, 3.8) is 0 Å². The molecule has 0 saturated heterocycles. The molecule has 2 rings (SSSR count). The van der Waals surface area contributed by atoms with E-state index in [2.05, 4.69) is 6.92 Å². The minimum absolute atomic E-state index is 0.376. The molecular formula is C17H30O2. The largest absolute Gasteiger partial charge is 0.481 e. The second kappa shape index (κ2) is 7.31. The van der Waals surface area contributed by atoms with Gasteiger partial charge in [-0.2, -0.15) is 0 Å². The van der Waals surface area contributed by atoms with Crippen LogP contribution in [0.1, 0.15) is 77.6 Å². The van der Waals surface area contributed by atoms with E-state index in [4.69, 9.17) is 5.11 Å². The first kappa shape index (κ1) is 14.9. The summed E-state index contributed by atoms with van der Waals surface area (Å²) in [6, 6.07) is 0. The summed E-state index contributed by atoms with van der Waals surface area (Å²) in [5.41, 5.74) is 0. The molecule has 0 heterocycles. The van der Waals surface area contributed by atoms with E-state index < -0.39 is 5.97 Å². The van der Waals surface area contributed by atoms with Crippen LogP contribution in [0.3, 0.4) is 0 Å². The predicted molar refractivity (Wildman–Crippen MR) is 78.1 cm³/mol. The fourth-order valence-corrected chi connectivity index (χ4v) is 4.43. The Morgan fingerprint density at radius 3 is 2.11 bits per heavy atom. The number of aliphatic carboxylic acids is 1. The van der Waals surface area contributed by atoms with Crippen molar-refractivity contribution < 1.29 is 9.90 Å². The maximum Gasteiger partial charge on any atom is 0.303 e. The zero-order valence-corrected chi connectivity index (χ0v) is 12.4. The molecule has 2 saturated carbocycles. The molecule has 0 radical (unpaired) electrons. The van der Waals surface area contributed by atoms with Crippen molar-refractivity contribution in [2.24, 2.45) is 23.7 Å². The second-order valence-corrected chi connectivity index (χ2v) is 6.95. The monoisotopic (exact) mass is 266 g/mol. The van der Waals surface area contributed by atoms with Gasteiger partial charge in [-0.05, 0) is 55.8 Å². The first-order valence-corrected chi connectivity index (χ1v) is 8.40. The molecule has 2 heteroatoms. The molecular weight excluding hydrogens is 236 g/mol. The Bertz CT molecular complexity index is 287. The average molecular weight is 266 g/mol. The van der Waals surface area contributed by atoms with Crippen molar-refractivity contribution in [2.75, 3.05) is 0 Å². The van der Waals surface area contributed by atoms with Crippen molar-refractivity contribution in [3.8, 4) is 0 Å². The van der Waals surface area contributed by atoms with Crippen LogP contribution in [0.25, 0.3) is 0 Å². The van der Waals surface area contributed by atoms with Crippen molar-refractivity contribution in [3.05, 3.63) is 0 Å². The van der Waals surface area contributed by atoms with Gasteiger partial charge < -0.3 is 5.11 Å². The van der Waals surface area contributed by atoms with Crippen LogP contribution in [-0.4, -0.2) is 11.1 Å². The molecule has 110 valence electrons. The lowest BCUT2D eigenvalue weighted by Gasteiger charge is -2.19. The average Bonchev–Trinajstić information content (AvgIpc) is 3.02. The molecule has 0 aromatic rings. The number of carboxylic acids is 1. The molecule has 4 atom stereocenters. The maximum atomic E-state index is 10.6. The first-order valence-electron chi connectivity index (χ1n) is 8.40. The van der Waals surface area contributed by atoms with Gasteiger partial charge in [-0.3, -0.25) is 4.79 Å². The van der Waals surface area contributed by atoms with E-state index in [0.29, 0.717) is 12.3 Å². The lowest BCUT2D eigenvalue weighted by molar-refractivity contribution is -0.137. The number of hydrogen-bond donors (Lipinski definition) is 1. The minimum atomic E-state index is -0.621. The van der Waals surface area contributed by atoms with Gasteiger partial charge in [0.2, 0.25) is 0 Å². The first-order chi connectivity index (χ1) is 9.19. The summed E-state index contributed by atoms with van der Waals surface area (Å²) in [5, 5.41) is 8.77. The zero-order valence-electron chi connectivity index (χ0n) is 12.4. The molecule has 0 aliphatic heterocycles. The topological polar surface area (TPSA) is 37.3 Å². The Balaban J connectivity index is 1.68. The van der Waals surface area contributed by atoms with E-state index >= 15 is 0 Å². The normalized spacial score (nSPS) is 34.8. The predicted octanol–water partition coefficient (Wildman–Crippen LogP) is 4.87. The Hall–Kier alpha value is -0.530. The molecule has 0 spiro atoms. The van der Waals surface area contributed by atoms with Gasteiger partial charge in [0, 0.05) is 6.42 Å². The Labute approximate surface area is 118 Å². The van der Waals surface area contributed by atoms with Crippen molar-refractivity contribution >= 4 is 5.97 Å². The van der Waals surface area contributed by atoms with Crippen LogP contribution in [0.4, 0.5) is 0 Å². The fraction of sp³-hybridized carbons (Fsp3) is 0.941. The molecule has 1 N–H and O–H groups in total. The minimum Gasteiger partial charge on any atom is -0.481 e.